The molecule has 2 aromatic heterocycles. The van der Waals surface area contributed by atoms with Gasteiger partial charge < -0.3 is 24.8 Å². The lowest BCUT2D eigenvalue weighted by molar-refractivity contribution is -0.192. The van der Waals surface area contributed by atoms with Gasteiger partial charge in [0.2, 0.25) is 0 Å². The third-order valence-electron chi connectivity index (χ3n) is 5.85. The van der Waals surface area contributed by atoms with Crippen molar-refractivity contribution in [1.29, 1.82) is 0 Å². The van der Waals surface area contributed by atoms with E-state index in [0.717, 1.165) is 45.9 Å². The van der Waals surface area contributed by atoms with E-state index in [1.165, 1.54) is 29.8 Å². The predicted octanol–water partition coefficient (Wildman–Crippen LogP) is 6.47. The summed E-state index contributed by atoms with van der Waals surface area (Å²) in [6.07, 6.45) is -2.32. The number of hydrogen-bond acceptors (Lipinski definition) is 8. The van der Waals surface area contributed by atoms with Gasteiger partial charge in [0.05, 0.1) is 32.8 Å². The molecule has 4 aromatic rings. The van der Waals surface area contributed by atoms with E-state index >= 15 is 0 Å². The molecule has 0 radical (unpaired) electrons. The number of anilines is 2. The highest BCUT2D eigenvalue weighted by atomic mass is 35.5. The number of aliphatic carboxylic acids is 1. The minimum Gasteiger partial charge on any atom is -0.487 e. The lowest BCUT2D eigenvalue weighted by Crippen LogP contribution is -2.21. The normalized spacial score (nSPS) is 14.5. The van der Waals surface area contributed by atoms with E-state index in [-0.39, 0.29) is 18.5 Å². The molecular formula is C28H23ClF4N4O4S. The summed E-state index contributed by atoms with van der Waals surface area (Å²) in [6.45, 7) is 1.95. The molecule has 0 aliphatic carbocycles. The second kappa shape index (κ2) is 13.7. The van der Waals surface area contributed by atoms with Crippen molar-refractivity contribution in [3.8, 4) is 17.7 Å². The molecule has 0 spiro atoms. The van der Waals surface area contributed by atoms with Crippen molar-refractivity contribution in [2.24, 2.45) is 0 Å². The molecule has 14 heteroatoms. The maximum Gasteiger partial charge on any atom is 0.490 e. The number of ether oxygens (including phenoxy) is 2. The summed E-state index contributed by atoms with van der Waals surface area (Å²) in [5.74, 6) is 1.38. The summed E-state index contributed by atoms with van der Waals surface area (Å²) in [6, 6.07) is 16.9. The first-order valence-corrected chi connectivity index (χ1v) is 13.5. The summed E-state index contributed by atoms with van der Waals surface area (Å²) in [4.78, 5) is 20.7. The Labute approximate surface area is 246 Å². The topological polar surface area (TPSA) is 96.8 Å². The van der Waals surface area contributed by atoms with Crippen LogP contribution in [-0.2, 0) is 16.1 Å². The molecule has 2 N–H and O–H groups in total. The quantitative estimate of drug-likeness (QED) is 0.187. The van der Waals surface area contributed by atoms with Gasteiger partial charge in [-0.25, -0.2) is 19.2 Å². The van der Waals surface area contributed by atoms with Gasteiger partial charge in [-0.3, -0.25) is 0 Å². The second-order valence-corrected chi connectivity index (χ2v) is 10.3. The van der Waals surface area contributed by atoms with Crippen LogP contribution in [0.3, 0.4) is 0 Å². The molecule has 0 bridgehead atoms. The Morgan fingerprint density at radius 2 is 2.02 bits per heavy atom. The van der Waals surface area contributed by atoms with Crippen molar-refractivity contribution in [3.05, 3.63) is 76.1 Å². The van der Waals surface area contributed by atoms with Gasteiger partial charge in [-0.05, 0) is 54.3 Å². The number of rotatable bonds is 6. The molecule has 1 saturated heterocycles. The first kappa shape index (κ1) is 30.8. The number of aromatic nitrogens is 2. The SMILES string of the molecule is CO[C@@H]1CCN(C#Cc2cc3ncnc(Nc4ccc(OCc5cccc(F)c5)c(Cl)c4)c3s2)C1.O=C(O)C(F)(F)F. The molecular weight excluding hydrogens is 600 g/mol. The van der Waals surface area contributed by atoms with Crippen molar-refractivity contribution < 1.29 is 36.9 Å². The zero-order chi connectivity index (χ0) is 30.3. The molecule has 220 valence electrons. The van der Waals surface area contributed by atoms with Crippen LogP contribution in [0.1, 0.15) is 16.9 Å². The molecule has 1 aliphatic rings. The highest BCUT2D eigenvalue weighted by Gasteiger charge is 2.38. The number of nitrogens with zero attached hydrogens (tertiary/aromatic N) is 3. The average molecular weight is 623 g/mol. The Hall–Kier alpha value is -4.12. The van der Waals surface area contributed by atoms with Crippen LogP contribution in [0.4, 0.5) is 29.1 Å². The number of carbonyl (C=O) groups is 1. The number of nitrogens with one attached hydrogen (secondary N) is 1. The number of fused-ring (bicyclic) bond motifs is 1. The Bertz CT molecular complexity index is 1620. The van der Waals surface area contributed by atoms with Crippen LogP contribution < -0.4 is 10.1 Å². The lowest BCUT2D eigenvalue weighted by atomic mass is 10.2. The summed E-state index contributed by atoms with van der Waals surface area (Å²) >= 11 is 7.98. The summed E-state index contributed by atoms with van der Waals surface area (Å²) in [5.41, 5.74) is 2.32. The van der Waals surface area contributed by atoms with E-state index in [2.05, 4.69) is 32.1 Å². The lowest BCUT2D eigenvalue weighted by Gasteiger charge is -2.11. The molecule has 1 aliphatic heterocycles. The molecule has 8 nitrogen and oxygen atoms in total. The maximum absolute atomic E-state index is 13.4. The monoisotopic (exact) mass is 622 g/mol. The highest BCUT2D eigenvalue weighted by molar-refractivity contribution is 7.20. The number of alkyl halides is 3. The molecule has 42 heavy (non-hydrogen) atoms. The maximum atomic E-state index is 13.4. The summed E-state index contributed by atoms with van der Waals surface area (Å²) in [5, 5.41) is 10.9. The number of carboxylic acids is 1. The van der Waals surface area contributed by atoms with Crippen LogP contribution >= 0.6 is 22.9 Å². The van der Waals surface area contributed by atoms with E-state index in [9.17, 15) is 17.6 Å². The van der Waals surface area contributed by atoms with E-state index in [0.29, 0.717) is 16.6 Å². The number of hydrogen-bond donors (Lipinski definition) is 2. The van der Waals surface area contributed by atoms with Gasteiger partial charge in [-0.1, -0.05) is 23.7 Å². The number of carboxylic acid groups (broad SMARTS) is 1. The molecule has 3 heterocycles. The Morgan fingerprint density at radius 1 is 1.24 bits per heavy atom. The van der Waals surface area contributed by atoms with Gasteiger partial charge in [-0.15, -0.1) is 11.3 Å². The minimum atomic E-state index is -5.08. The van der Waals surface area contributed by atoms with E-state index in [1.54, 1.807) is 31.4 Å². The summed E-state index contributed by atoms with van der Waals surface area (Å²) < 4.78 is 57.2. The third-order valence-corrected chi connectivity index (χ3v) is 7.19. The van der Waals surface area contributed by atoms with Gasteiger partial charge in [0.15, 0.2) is 5.82 Å². The first-order chi connectivity index (χ1) is 20.0. The van der Waals surface area contributed by atoms with E-state index in [4.69, 9.17) is 31.0 Å². The van der Waals surface area contributed by atoms with Crippen molar-refractivity contribution in [1.82, 2.24) is 14.9 Å². The Kier molecular flexibility index (Phi) is 10.1. The third kappa shape index (κ3) is 8.45. The van der Waals surface area contributed by atoms with Crippen molar-refractivity contribution in [2.45, 2.75) is 25.3 Å². The van der Waals surface area contributed by atoms with Gasteiger partial charge in [0, 0.05) is 25.4 Å². The average Bonchev–Trinajstić information content (AvgIpc) is 3.58. The van der Waals surface area contributed by atoms with Crippen molar-refractivity contribution in [3.63, 3.8) is 0 Å². The summed E-state index contributed by atoms with van der Waals surface area (Å²) in [7, 11) is 1.74. The van der Waals surface area contributed by atoms with Gasteiger partial charge in [-0.2, -0.15) is 13.2 Å². The van der Waals surface area contributed by atoms with Crippen LogP contribution in [0, 0.1) is 17.8 Å². The fourth-order valence-corrected chi connectivity index (χ4v) is 4.92. The predicted molar refractivity (Wildman–Crippen MR) is 150 cm³/mol. The van der Waals surface area contributed by atoms with E-state index < -0.39 is 12.1 Å². The van der Waals surface area contributed by atoms with Crippen molar-refractivity contribution >= 4 is 50.6 Å². The molecule has 0 saturated carbocycles. The number of methoxy groups -OCH3 is 1. The second-order valence-electron chi connectivity index (χ2n) is 8.87. The molecule has 1 atom stereocenters. The zero-order valence-corrected chi connectivity index (χ0v) is 23.5. The van der Waals surface area contributed by atoms with Crippen LogP contribution in [0.15, 0.2) is 54.9 Å². The van der Waals surface area contributed by atoms with Crippen LogP contribution in [0.2, 0.25) is 5.02 Å². The molecule has 0 amide bonds. The molecule has 1 fully saturated rings. The van der Waals surface area contributed by atoms with Gasteiger partial charge >= 0.3 is 12.1 Å². The van der Waals surface area contributed by atoms with Crippen LogP contribution in [0.25, 0.3) is 10.2 Å². The Morgan fingerprint density at radius 3 is 2.69 bits per heavy atom. The van der Waals surface area contributed by atoms with E-state index in [1.807, 2.05) is 12.1 Å². The fraction of sp³-hybridized carbons (Fsp3) is 0.250. The molecule has 0 unspecified atom stereocenters. The zero-order valence-electron chi connectivity index (χ0n) is 21.9. The smallest absolute Gasteiger partial charge is 0.487 e. The number of likely N-dealkylation sites (tertiary alicyclic amines) is 1. The van der Waals surface area contributed by atoms with Gasteiger partial charge in [0.1, 0.15) is 24.5 Å². The number of thiophene rings is 1. The first-order valence-electron chi connectivity index (χ1n) is 12.3. The highest BCUT2D eigenvalue weighted by Crippen LogP contribution is 2.33. The van der Waals surface area contributed by atoms with Crippen LogP contribution in [0.5, 0.6) is 5.75 Å². The van der Waals surface area contributed by atoms with Gasteiger partial charge in [0.25, 0.3) is 0 Å². The number of halogens is 5. The fourth-order valence-electron chi connectivity index (χ4n) is 3.78. The molecule has 5 rings (SSSR count). The largest absolute Gasteiger partial charge is 0.490 e. The van der Waals surface area contributed by atoms with Crippen LogP contribution in [-0.4, -0.2) is 58.4 Å². The Balaban J connectivity index is 0.000000517. The van der Waals surface area contributed by atoms with Crippen molar-refractivity contribution in [2.75, 3.05) is 25.5 Å². The minimum absolute atomic E-state index is 0.222. The molecule has 2 aromatic carbocycles. The number of benzene rings is 2. The standard InChI is InChI=1S/C26H22ClFN4O2S.C2HF3O2/c1-33-20-7-9-32(14-20)10-8-21-13-23-25(35-21)26(30-16-29-23)31-19-5-6-24(22(27)12-19)34-15-17-3-2-4-18(28)11-17;3-2(4,5)1(6)7/h2-6,11-13,16,20H,7,9,14-15H2,1H3,(H,29,30,31);(H,6,7)/t20-;/m1./s1.